The third kappa shape index (κ3) is 3.41. The fourth-order valence-electron chi connectivity index (χ4n) is 1.91. The highest BCUT2D eigenvalue weighted by atomic mass is 32.2. The molecule has 1 heterocycles. The number of sulfone groups is 1. The third-order valence-electron chi connectivity index (χ3n) is 3.12. The molecule has 0 saturated carbocycles. The van der Waals surface area contributed by atoms with Crippen LogP contribution in [0.1, 0.15) is 12.8 Å². The zero-order valence-corrected chi connectivity index (χ0v) is 10.8. The van der Waals surface area contributed by atoms with Gasteiger partial charge in [-0.25, -0.2) is 8.42 Å². The maximum Gasteiger partial charge on any atom is 0.154 e. The molecular formula is C10H21NO4S. The second-order valence-electron chi connectivity index (χ2n) is 4.24. The average molecular weight is 251 g/mol. The lowest BCUT2D eigenvalue weighted by atomic mass is 9.99. The molecule has 0 aromatic heterocycles. The molecule has 1 saturated heterocycles. The number of hydrogen-bond acceptors (Lipinski definition) is 5. The molecule has 6 heteroatoms. The van der Waals surface area contributed by atoms with Crippen molar-refractivity contribution in [3.8, 4) is 0 Å². The van der Waals surface area contributed by atoms with Gasteiger partial charge in [0.25, 0.3) is 0 Å². The molecule has 0 bridgehead atoms. The molecule has 0 aromatic rings. The zero-order valence-electron chi connectivity index (χ0n) is 9.99. The van der Waals surface area contributed by atoms with Gasteiger partial charge in [0, 0.05) is 39.7 Å². The summed E-state index contributed by atoms with van der Waals surface area (Å²) >= 11 is 0. The van der Waals surface area contributed by atoms with E-state index in [0.717, 1.165) is 0 Å². The summed E-state index contributed by atoms with van der Waals surface area (Å²) in [5, 5.41) is 3.14. The Labute approximate surface area is 97.4 Å². The highest BCUT2D eigenvalue weighted by molar-refractivity contribution is 7.92. The highest BCUT2D eigenvalue weighted by Crippen LogP contribution is 2.28. The molecule has 1 aliphatic heterocycles. The summed E-state index contributed by atoms with van der Waals surface area (Å²) in [7, 11) is -1.43. The lowest BCUT2D eigenvalue weighted by molar-refractivity contribution is 0.0740. The molecule has 1 rings (SSSR count). The first kappa shape index (κ1) is 13.9. The summed E-state index contributed by atoms with van der Waals surface area (Å²) in [6.45, 7) is 2.81. The van der Waals surface area contributed by atoms with Gasteiger partial charge in [-0.3, -0.25) is 0 Å². The van der Waals surface area contributed by atoms with Crippen molar-refractivity contribution in [2.75, 3.05) is 46.3 Å². The van der Waals surface area contributed by atoms with Gasteiger partial charge in [0.15, 0.2) is 9.84 Å². The van der Waals surface area contributed by atoms with E-state index in [2.05, 4.69) is 5.32 Å². The molecule has 0 atom stereocenters. The van der Waals surface area contributed by atoms with Crippen LogP contribution in [0.15, 0.2) is 0 Å². The van der Waals surface area contributed by atoms with Crippen LogP contribution in [0.5, 0.6) is 0 Å². The Balaban J connectivity index is 2.57. The number of methoxy groups -OCH3 is 1. The molecule has 0 aliphatic carbocycles. The van der Waals surface area contributed by atoms with Crippen molar-refractivity contribution < 1.29 is 17.9 Å². The Morgan fingerprint density at radius 1 is 1.38 bits per heavy atom. The van der Waals surface area contributed by atoms with Gasteiger partial charge in [0.1, 0.15) is 0 Å². The van der Waals surface area contributed by atoms with Crippen LogP contribution in [-0.2, 0) is 19.3 Å². The van der Waals surface area contributed by atoms with E-state index in [1.165, 1.54) is 6.26 Å². The monoisotopic (exact) mass is 251 g/mol. The Hall–Kier alpha value is -0.170. The van der Waals surface area contributed by atoms with E-state index in [9.17, 15) is 8.42 Å². The van der Waals surface area contributed by atoms with E-state index in [0.29, 0.717) is 45.8 Å². The first-order valence-corrected chi connectivity index (χ1v) is 7.38. The predicted molar refractivity (Wildman–Crippen MR) is 62.4 cm³/mol. The molecular weight excluding hydrogens is 230 g/mol. The molecule has 0 amide bonds. The van der Waals surface area contributed by atoms with E-state index < -0.39 is 14.6 Å². The van der Waals surface area contributed by atoms with Gasteiger partial charge in [-0.2, -0.15) is 0 Å². The zero-order chi connectivity index (χ0) is 12.1. The summed E-state index contributed by atoms with van der Waals surface area (Å²) < 4.78 is 33.2. The summed E-state index contributed by atoms with van der Waals surface area (Å²) in [5.74, 6) is 0. The number of hydrogen-bond donors (Lipinski definition) is 1. The lowest BCUT2D eigenvalue weighted by Gasteiger charge is -2.35. The Morgan fingerprint density at radius 2 is 2.00 bits per heavy atom. The maximum absolute atomic E-state index is 11.8. The van der Waals surface area contributed by atoms with Gasteiger partial charge in [0.05, 0.1) is 11.4 Å². The van der Waals surface area contributed by atoms with E-state index >= 15 is 0 Å². The quantitative estimate of drug-likeness (QED) is 0.663. The molecule has 0 aromatic carbocycles. The van der Waals surface area contributed by atoms with Crippen LogP contribution < -0.4 is 5.32 Å². The molecule has 1 fully saturated rings. The number of ether oxygens (including phenoxy) is 2. The molecule has 0 radical (unpaired) electrons. The van der Waals surface area contributed by atoms with Gasteiger partial charge in [-0.05, 0) is 12.8 Å². The summed E-state index contributed by atoms with van der Waals surface area (Å²) in [5.41, 5.74) is 0. The summed E-state index contributed by atoms with van der Waals surface area (Å²) in [6.07, 6.45) is 2.47. The number of rotatable bonds is 6. The molecule has 5 nitrogen and oxygen atoms in total. The van der Waals surface area contributed by atoms with Crippen LogP contribution in [0, 0.1) is 0 Å². The van der Waals surface area contributed by atoms with Crippen LogP contribution in [0.25, 0.3) is 0 Å². The average Bonchev–Trinajstić information content (AvgIpc) is 2.24. The third-order valence-corrected chi connectivity index (χ3v) is 5.25. The van der Waals surface area contributed by atoms with Gasteiger partial charge in [-0.15, -0.1) is 0 Å². The van der Waals surface area contributed by atoms with Crippen LogP contribution in [0.3, 0.4) is 0 Å². The number of nitrogens with one attached hydrogen (secondary N) is 1. The minimum Gasteiger partial charge on any atom is -0.383 e. The van der Waals surface area contributed by atoms with Crippen molar-refractivity contribution >= 4 is 9.84 Å². The van der Waals surface area contributed by atoms with Crippen molar-refractivity contribution in [2.24, 2.45) is 0 Å². The fraction of sp³-hybridized carbons (Fsp3) is 1.00. The lowest BCUT2D eigenvalue weighted by Crippen LogP contribution is -2.51. The molecule has 0 spiro atoms. The molecule has 1 aliphatic rings. The van der Waals surface area contributed by atoms with Crippen molar-refractivity contribution in [3.63, 3.8) is 0 Å². The van der Waals surface area contributed by atoms with Crippen LogP contribution in [0.4, 0.5) is 0 Å². The maximum atomic E-state index is 11.8. The van der Waals surface area contributed by atoms with Gasteiger partial charge >= 0.3 is 0 Å². The molecule has 96 valence electrons. The van der Waals surface area contributed by atoms with Crippen molar-refractivity contribution in [3.05, 3.63) is 0 Å². The minimum absolute atomic E-state index is 0.485. The summed E-state index contributed by atoms with van der Waals surface area (Å²) in [6, 6.07) is 0. The van der Waals surface area contributed by atoms with E-state index in [4.69, 9.17) is 9.47 Å². The second kappa shape index (κ2) is 5.95. The first-order chi connectivity index (χ1) is 7.52. The Kier molecular flexibility index (Phi) is 5.17. The van der Waals surface area contributed by atoms with Crippen LogP contribution in [-0.4, -0.2) is 59.4 Å². The normalized spacial score (nSPS) is 20.9. The SMILES string of the molecule is COCCNCC1(S(C)(=O)=O)CCOCC1. The topological polar surface area (TPSA) is 64.6 Å². The second-order valence-corrected chi connectivity index (χ2v) is 6.65. The van der Waals surface area contributed by atoms with Crippen molar-refractivity contribution in [1.29, 1.82) is 0 Å². The van der Waals surface area contributed by atoms with Gasteiger partial charge in [-0.1, -0.05) is 0 Å². The standard InChI is InChI=1S/C10H21NO4S/c1-14-8-5-11-9-10(16(2,12)13)3-6-15-7-4-10/h11H,3-9H2,1-2H3. The van der Waals surface area contributed by atoms with Crippen molar-refractivity contribution in [2.45, 2.75) is 17.6 Å². The minimum atomic E-state index is -3.06. The molecule has 16 heavy (non-hydrogen) atoms. The Morgan fingerprint density at radius 3 is 2.50 bits per heavy atom. The van der Waals surface area contributed by atoms with Crippen LogP contribution in [0.2, 0.25) is 0 Å². The smallest absolute Gasteiger partial charge is 0.154 e. The largest absolute Gasteiger partial charge is 0.383 e. The first-order valence-electron chi connectivity index (χ1n) is 5.49. The van der Waals surface area contributed by atoms with Crippen LogP contribution >= 0.6 is 0 Å². The predicted octanol–water partition coefficient (Wildman–Crippen LogP) is -0.184. The summed E-state index contributed by atoms with van der Waals surface area (Å²) in [4.78, 5) is 0. The Bertz CT molecular complexity index is 296. The van der Waals surface area contributed by atoms with E-state index in [1.54, 1.807) is 7.11 Å². The highest BCUT2D eigenvalue weighted by Gasteiger charge is 2.41. The molecule has 1 N–H and O–H groups in total. The van der Waals surface area contributed by atoms with Gasteiger partial charge in [0.2, 0.25) is 0 Å². The van der Waals surface area contributed by atoms with Crippen molar-refractivity contribution in [1.82, 2.24) is 5.32 Å². The molecule has 0 unspecified atom stereocenters. The van der Waals surface area contributed by atoms with E-state index in [-0.39, 0.29) is 0 Å². The van der Waals surface area contributed by atoms with E-state index in [1.807, 2.05) is 0 Å². The van der Waals surface area contributed by atoms with Gasteiger partial charge < -0.3 is 14.8 Å². The fourth-order valence-corrected chi connectivity index (χ4v) is 3.18.